The van der Waals surface area contributed by atoms with Gasteiger partial charge in [-0.25, -0.2) is 4.98 Å². The Labute approximate surface area is 104 Å². The lowest BCUT2D eigenvalue weighted by Gasteiger charge is -2.13. The Kier molecular flexibility index (Phi) is 5.42. The van der Waals surface area contributed by atoms with Crippen LogP contribution in [0, 0.1) is 0 Å². The number of nitrogens with zero attached hydrogens (tertiary/aromatic N) is 1. The van der Waals surface area contributed by atoms with Crippen LogP contribution in [0.5, 0.6) is 0 Å². The lowest BCUT2D eigenvalue weighted by atomic mass is 10.2. The molecule has 16 heavy (non-hydrogen) atoms. The van der Waals surface area contributed by atoms with E-state index in [0.717, 1.165) is 6.42 Å². The predicted molar refractivity (Wildman–Crippen MR) is 65.4 cm³/mol. The average molecular weight is 287 g/mol. The molecule has 1 heterocycles. The summed E-state index contributed by atoms with van der Waals surface area (Å²) < 4.78 is 5.65. The minimum atomic E-state index is -0.170. The number of halogens is 1. The molecule has 0 saturated carbocycles. The number of rotatable bonds is 5. The molecule has 1 aromatic rings. The largest absolute Gasteiger partial charge is 0.385 e. The van der Waals surface area contributed by atoms with Crippen molar-refractivity contribution in [3.63, 3.8) is 0 Å². The number of hydrogen-bond acceptors (Lipinski definition) is 3. The molecule has 0 aliphatic carbocycles. The maximum absolute atomic E-state index is 11.8. The van der Waals surface area contributed by atoms with Crippen molar-refractivity contribution in [2.24, 2.45) is 0 Å². The highest BCUT2D eigenvalue weighted by molar-refractivity contribution is 9.10. The van der Waals surface area contributed by atoms with Gasteiger partial charge in [0.2, 0.25) is 0 Å². The SMILES string of the molecule is COCCC(C)NC(=O)c1ncccc1Br. The first kappa shape index (κ1) is 13.1. The summed E-state index contributed by atoms with van der Waals surface area (Å²) in [5, 5.41) is 2.86. The van der Waals surface area contributed by atoms with Crippen LogP contribution in [0.1, 0.15) is 23.8 Å². The van der Waals surface area contributed by atoms with E-state index in [-0.39, 0.29) is 11.9 Å². The zero-order valence-electron chi connectivity index (χ0n) is 9.37. The van der Waals surface area contributed by atoms with E-state index in [4.69, 9.17) is 4.74 Å². The number of amides is 1. The Morgan fingerprint density at radius 1 is 1.69 bits per heavy atom. The molecule has 1 N–H and O–H groups in total. The van der Waals surface area contributed by atoms with E-state index >= 15 is 0 Å². The second-order valence-electron chi connectivity index (χ2n) is 3.49. The number of carbonyl (C=O) groups is 1. The third kappa shape index (κ3) is 3.90. The van der Waals surface area contributed by atoms with Crippen LogP contribution in [0.3, 0.4) is 0 Å². The van der Waals surface area contributed by atoms with E-state index in [1.165, 1.54) is 0 Å². The quantitative estimate of drug-likeness (QED) is 0.901. The Balaban J connectivity index is 2.56. The van der Waals surface area contributed by atoms with Gasteiger partial charge in [-0.3, -0.25) is 4.79 Å². The molecule has 0 saturated heterocycles. The molecule has 88 valence electrons. The van der Waals surface area contributed by atoms with Crippen molar-refractivity contribution in [3.05, 3.63) is 28.5 Å². The van der Waals surface area contributed by atoms with Crippen LogP contribution in [-0.4, -0.2) is 30.6 Å². The molecule has 0 bridgehead atoms. The molecule has 4 nitrogen and oxygen atoms in total. The minimum Gasteiger partial charge on any atom is -0.385 e. The van der Waals surface area contributed by atoms with Crippen LogP contribution >= 0.6 is 15.9 Å². The minimum absolute atomic E-state index is 0.0707. The molecule has 0 aliphatic rings. The van der Waals surface area contributed by atoms with Gasteiger partial charge in [0.1, 0.15) is 5.69 Å². The Morgan fingerprint density at radius 3 is 3.06 bits per heavy atom. The molecular formula is C11H15BrN2O2. The zero-order chi connectivity index (χ0) is 12.0. The van der Waals surface area contributed by atoms with Crippen LogP contribution in [-0.2, 0) is 4.74 Å². The van der Waals surface area contributed by atoms with Gasteiger partial charge in [-0.05, 0) is 41.4 Å². The van der Waals surface area contributed by atoms with Gasteiger partial charge >= 0.3 is 0 Å². The van der Waals surface area contributed by atoms with Crippen molar-refractivity contribution in [1.29, 1.82) is 0 Å². The third-order valence-corrected chi connectivity index (χ3v) is 2.75. The molecular weight excluding hydrogens is 272 g/mol. The molecule has 0 fully saturated rings. The van der Waals surface area contributed by atoms with Crippen LogP contribution in [0.15, 0.2) is 22.8 Å². The average Bonchev–Trinajstić information content (AvgIpc) is 2.26. The number of nitrogens with one attached hydrogen (secondary N) is 1. The molecule has 1 atom stereocenters. The molecule has 1 unspecified atom stereocenters. The van der Waals surface area contributed by atoms with E-state index in [9.17, 15) is 4.79 Å². The normalized spacial score (nSPS) is 12.2. The van der Waals surface area contributed by atoms with Gasteiger partial charge < -0.3 is 10.1 Å². The van der Waals surface area contributed by atoms with E-state index < -0.39 is 0 Å². The van der Waals surface area contributed by atoms with Crippen LogP contribution in [0.4, 0.5) is 0 Å². The lowest BCUT2D eigenvalue weighted by Crippen LogP contribution is -2.34. The van der Waals surface area contributed by atoms with Gasteiger partial charge in [0.25, 0.3) is 5.91 Å². The number of ether oxygens (including phenoxy) is 1. The molecule has 1 amide bonds. The Hall–Kier alpha value is -0.940. The summed E-state index contributed by atoms with van der Waals surface area (Å²) in [5.74, 6) is -0.170. The molecule has 5 heteroatoms. The van der Waals surface area contributed by atoms with E-state index in [1.807, 2.05) is 6.92 Å². The fraction of sp³-hybridized carbons (Fsp3) is 0.455. The molecule has 0 spiro atoms. The molecule has 0 radical (unpaired) electrons. The summed E-state index contributed by atoms with van der Waals surface area (Å²) in [5.41, 5.74) is 0.409. The highest BCUT2D eigenvalue weighted by Gasteiger charge is 2.13. The third-order valence-electron chi connectivity index (χ3n) is 2.11. The first-order valence-electron chi connectivity index (χ1n) is 5.05. The van der Waals surface area contributed by atoms with Gasteiger partial charge in [-0.1, -0.05) is 0 Å². The van der Waals surface area contributed by atoms with Gasteiger partial charge in [0, 0.05) is 30.4 Å². The van der Waals surface area contributed by atoms with E-state index in [1.54, 1.807) is 25.4 Å². The lowest BCUT2D eigenvalue weighted by molar-refractivity contribution is 0.0923. The second kappa shape index (κ2) is 6.60. The number of hydrogen-bond donors (Lipinski definition) is 1. The fourth-order valence-electron chi connectivity index (χ4n) is 1.21. The van der Waals surface area contributed by atoms with Gasteiger partial charge in [-0.15, -0.1) is 0 Å². The number of methoxy groups -OCH3 is 1. The summed E-state index contributed by atoms with van der Waals surface area (Å²) in [6, 6.07) is 3.64. The summed E-state index contributed by atoms with van der Waals surface area (Å²) in [4.78, 5) is 15.8. The first-order chi connectivity index (χ1) is 7.65. The van der Waals surface area contributed by atoms with Crippen LogP contribution in [0.25, 0.3) is 0 Å². The second-order valence-corrected chi connectivity index (χ2v) is 4.34. The van der Waals surface area contributed by atoms with Crippen molar-refractivity contribution in [3.8, 4) is 0 Å². The monoisotopic (exact) mass is 286 g/mol. The molecule has 0 aliphatic heterocycles. The van der Waals surface area contributed by atoms with Crippen molar-refractivity contribution in [1.82, 2.24) is 10.3 Å². The van der Waals surface area contributed by atoms with E-state index in [2.05, 4.69) is 26.2 Å². The standard InChI is InChI=1S/C11H15BrN2O2/c1-8(5-7-16-2)14-11(15)10-9(12)4-3-6-13-10/h3-4,6,8H,5,7H2,1-2H3,(H,14,15). The zero-order valence-corrected chi connectivity index (χ0v) is 11.0. The predicted octanol–water partition coefficient (Wildman–Crippen LogP) is 2.00. The van der Waals surface area contributed by atoms with Crippen molar-refractivity contribution in [2.75, 3.05) is 13.7 Å². The summed E-state index contributed by atoms with van der Waals surface area (Å²) >= 11 is 3.29. The summed E-state index contributed by atoms with van der Waals surface area (Å²) in [6.07, 6.45) is 2.38. The Morgan fingerprint density at radius 2 is 2.44 bits per heavy atom. The number of aromatic nitrogens is 1. The smallest absolute Gasteiger partial charge is 0.271 e. The molecule has 1 rings (SSSR count). The van der Waals surface area contributed by atoms with Crippen molar-refractivity contribution >= 4 is 21.8 Å². The fourth-order valence-corrected chi connectivity index (χ4v) is 1.65. The maximum atomic E-state index is 11.8. The van der Waals surface area contributed by atoms with Gasteiger partial charge in [0.05, 0.1) is 0 Å². The Bertz CT molecular complexity index is 358. The van der Waals surface area contributed by atoms with Crippen molar-refractivity contribution < 1.29 is 9.53 Å². The first-order valence-corrected chi connectivity index (χ1v) is 5.84. The van der Waals surface area contributed by atoms with Gasteiger partial charge in [-0.2, -0.15) is 0 Å². The number of carbonyl (C=O) groups excluding carboxylic acids is 1. The topological polar surface area (TPSA) is 51.2 Å². The summed E-state index contributed by atoms with van der Waals surface area (Å²) in [7, 11) is 1.64. The van der Waals surface area contributed by atoms with Gasteiger partial charge in [0.15, 0.2) is 0 Å². The number of pyridine rings is 1. The van der Waals surface area contributed by atoms with E-state index in [0.29, 0.717) is 16.8 Å². The maximum Gasteiger partial charge on any atom is 0.271 e. The highest BCUT2D eigenvalue weighted by atomic mass is 79.9. The van der Waals surface area contributed by atoms with Crippen LogP contribution in [0.2, 0.25) is 0 Å². The van der Waals surface area contributed by atoms with Crippen molar-refractivity contribution in [2.45, 2.75) is 19.4 Å². The molecule has 1 aromatic heterocycles. The molecule has 0 aromatic carbocycles. The summed E-state index contributed by atoms with van der Waals surface area (Å²) in [6.45, 7) is 2.57. The highest BCUT2D eigenvalue weighted by Crippen LogP contribution is 2.13. The van der Waals surface area contributed by atoms with Crippen LogP contribution < -0.4 is 5.32 Å².